The molecule has 2 rings (SSSR count). The Balaban J connectivity index is 2.62. The van der Waals surface area contributed by atoms with Gasteiger partial charge in [0, 0.05) is 16.6 Å². The predicted molar refractivity (Wildman–Crippen MR) is 73.1 cm³/mol. The van der Waals surface area contributed by atoms with E-state index in [-0.39, 0.29) is 11.4 Å². The van der Waals surface area contributed by atoms with Crippen molar-refractivity contribution in [1.82, 2.24) is 4.98 Å². The van der Waals surface area contributed by atoms with Crippen molar-refractivity contribution >= 4 is 10.9 Å². The van der Waals surface area contributed by atoms with Gasteiger partial charge in [0.2, 0.25) is 0 Å². The summed E-state index contributed by atoms with van der Waals surface area (Å²) in [6.45, 7) is 7.74. The highest BCUT2D eigenvalue weighted by molar-refractivity contribution is 5.83. The summed E-state index contributed by atoms with van der Waals surface area (Å²) < 4.78 is 14.1. The van der Waals surface area contributed by atoms with Crippen LogP contribution in [-0.4, -0.2) is 10.5 Å². The second kappa shape index (κ2) is 4.32. The highest BCUT2D eigenvalue weighted by Crippen LogP contribution is 2.24. The molecule has 0 saturated heterocycles. The first-order valence-corrected chi connectivity index (χ1v) is 6.11. The number of aromatic nitrogens is 1. The molecule has 0 aliphatic rings. The topological polar surface area (TPSA) is 38.9 Å². The minimum absolute atomic E-state index is 0.265. The highest BCUT2D eigenvalue weighted by Gasteiger charge is 2.15. The Kier molecular flexibility index (Phi) is 3.11. The fourth-order valence-corrected chi connectivity index (χ4v) is 2.30. The third-order valence-corrected chi connectivity index (χ3v) is 2.92. The maximum atomic E-state index is 14.1. The molecule has 1 aromatic heterocycles. The van der Waals surface area contributed by atoms with Gasteiger partial charge in [-0.15, -0.1) is 0 Å². The lowest BCUT2D eigenvalue weighted by atomic mass is 9.94. The van der Waals surface area contributed by atoms with E-state index in [0.717, 1.165) is 22.2 Å². The lowest BCUT2D eigenvalue weighted by Crippen LogP contribution is -2.34. The number of hydrogen-bond acceptors (Lipinski definition) is 2. The van der Waals surface area contributed by atoms with Crippen molar-refractivity contribution in [3.8, 4) is 0 Å². The Hall–Kier alpha value is -1.48. The van der Waals surface area contributed by atoms with E-state index in [0.29, 0.717) is 11.9 Å². The number of rotatable bonds is 2. The van der Waals surface area contributed by atoms with E-state index in [9.17, 15) is 4.39 Å². The van der Waals surface area contributed by atoms with E-state index in [1.165, 1.54) is 0 Å². The molecule has 0 aliphatic carbocycles. The number of halogens is 1. The number of benzene rings is 1. The van der Waals surface area contributed by atoms with Crippen LogP contribution in [0.5, 0.6) is 0 Å². The Bertz CT molecular complexity index is 597. The molecule has 0 aliphatic heterocycles. The van der Waals surface area contributed by atoms with Gasteiger partial charge in [-0.3, -0.25) is 4.98 Å². The van der Waals surface area contributed by atoms with Gasteiger partial charge in [-0.1, -0.05) is 0 Å². The van der Waals surface area contributed by atoms with Crippen molar-refractivity contribution < 1.29 is 4.39 Å². The maximum Gasteiger partial charge on any atom is 0.149 e. The molecule has 96 valence electrons. The van der Waals surface area contributed by atoms with Crippen LogP contribution in [0.15, 0.2) is 18.2 Å². The van der Waals surface area contributed by atoms with Gasteiger partial charge < -0.3 is 5.73 Å². The molecular weight excluding hydrogens is 227 g/mol. The molecule has 0 fully saturated rings. The van der Waals surface area contributed by atoms with E-state index in [1.54, 1.807) is 6.07 Å². The zero-order valence-electron chi connectivity index (χ0n) is 11.3. The molecule has 0 amide bonds. The molecule has 2 nitrogen and oxygen atoms in total. The molecule has 18 heavy (non-hydrogen) atoms. The van der Waals surface area contributed by atoms with Crippen LogP contribution in [0.25, 0.3) is 10.9 Å². The third kappa shape index (κ3) is 2.67. The lowest BCUT2D eigenvalue weighted by molar-refractivity contribution is 0.515. The van der Waals surface area contributed by atoms with Gasteiger partial charge in [0.05, 0.1) is 0 Å². The summed E-state index contributed by atoms with van der Waals surface area (Å²) in [5, 5.41) is 0.875. The van der Waals surface area contributed by atoms with Crippen LogP contribution in [0.4, 0.5) is 4.39 Å². The van der Waals surface area contributed by atoms with E-state index in [4.69, 9.17) is 5.73 Å². The summed E-state index contributed by atoms with van der Waals surface area (Å²) in [5.41, 5.74) is 8.90. The minimum atomic E-state index is -0.341. The molecule has 0 unspecified atom stereocenters. The first kappa shape index (κ1) is 13.0. The Morgan fingerprint density at radius 3 is 2.50 bits per heavy atom. The number of pyridine rings is 1. The van der Waals surface area contributed by atoms with Crippen LogP contribution in [0.2, 0.25) is 0 Å². The molecule has 0 radical (unpaired) electrons. The number of fused-ring (bicyclic) bond motifs is 1. The zero-order chi connectivity index (χ0) is 13.5. The lowest BCUT2D eigenvalue weighted by Gasteiger charge is -2.19. The number of hydrogen-bond donors (Lipinski definition) is 1. The number of aryl methyl sites for hydroxylation is 2. The second-order valence-corrected chi connectivity index (χ2v) is 5.72. The smallest absolute Gasteiger partial charge is 0.149 e. The molecule has 1 heterocycles. The number of nitrogens with zero attached hydrogens (tertiary/aromatic N) is 1. The summed E-state index contributed by atoms with van der Waals surface area (Å²) in [5.74, 6) is -0.265. The average Bonchev–Trinajstić information content (AvgIpc) is 2.17. The van der Waals surface area contributed by atoms with E-state index >= 15 is 0 Å². The van der Waals surface area contributed by atoms with Crippen LogP contribution in [0.3, 0.4) is 0 Å². The van der Waals surface area contributed by atoms with Gasteiger partial charge in [-0.05, 0) is 63.4 Å². The van der Waals surface area contributed by atoms with Gasteiger partial charge in [-0.2, -0.15) is 0 Å². The molecule has 3 heteroatoms. The molecule has 0 spiro atoms. The quantitative estimate of drug-likeness (QED) is 0.883. The zero-order valence-corrected chi connectivity index (χ0v) is 11.3. The van der Waals surface area contributed by atoms with Crippen LogP contribution >= 0.6 is 0 Å². The van der Waals surface area contributed by atoms with Gasteiger partial charge in [0.25, 0.3) is 0 Å². The fourth-order valence-electron chi connectivity index (χ4n) is 2.30. The molecule has 1 aromatic carbocycles. The minimum Gasteiger partial charge on any atom is -0.325 e. The monoisotopic (exact) mass is 246 g/mol. The van der Waals surface area contributed by atoms with E-state index < -0.39 is 0 Å². The van der Waals surface area contributed by atoms with E-state index in [1.807, 2.05) is 39.8 Å². The van der Waals surface area contributed by atoms with Gasteiger partial charge in [-0.25, -0.2) is 4.39 Å². The summed E-state index contributed by atoms with van der Waals surface area (Å²) in [7, 11) is 0. The number of nitrogens with two attached hydrogens (primary N) is 1. The Morgan fingerprint density at radius 1 is 1.22 bits per heavy atom. The second-order valence-electron chi connectivity index (χ2n) is 5.72. The standard InChI is InChI=1S/C15H19FN2/c1-9-5-10(2)18-14-12(9)6-11(7-13(14)16)8-15(3,4)17/h5-7H,8,17H2,1-4H3. The van der Waals surface area contributed by atoms with Crippen LogP contribution in [-0.2, 0) is 6.42 Å². The van der Waals surface area contributed by atoms with Crippen molar-refractivity contribution in [2.75, 3.05) is 0 Å². The van der Waals surface area contributed by atoms with Crippen molar-refractivity contribution in [2.45, 2.75) is 39.7 Å². The highest BCUT2D eigenvalue weighted by atomic mass is 19.1. The first-order chi connectivity index (χ1) is 8.26. The van der Waals surface area contributed by atoms with Crippen molar-refractivity contribution in [1.29, 1.82) is 0 Å². The molecule has 2 aromatic rings. The average molecular weight is 246 g/mol. The summed E-state index contributed by atoms with van der Waals surface area (Å²) in [4.78, 5) is 4.27. The van der Waals surface area contributed by atoms with Gasteiger partial charge in [0.15, 0.2) is 0 Å². The largest absolute Gasteiger partial charge is 0.325 e. The predicted octanol–water partition coefficient (Wildman–Crippen LogP) is 3.27. The van der Waals surface area contributed by atoms with Crippen molar-refractivity contribution in [2.24, 2.45) is 5.73 Å². The Labute approximate surface area is 107 Å². The SMILES string of the molecule is Cc1cc(C)c2cc(CC(C)(C)N)cc(F)c2n1. The maximum absolute atomic E-state index is 14.1. The van der Waals surface area contributed by atoms with Crippen molar-refractivity contribution in [3.05, 3.63) is 40.8 Å². The summed E-state index contributed by atoms with van der Waals surface area (Å²) >= 11 is 0. The fraction of sp³-hybridized carbons (Fsp3) is 0.400. The summed E-state index contributed by atoms with van der Waals surface area (Å²) in [6, 6.07) is 5.51. The Morgan fingerprint density at radius 2 is 1.89 bits per heavy atom. The van der Waals surface area contributed by atoms with E-state index in [2.05, 4.69) is 4.98 Å². The molecule has 0 saturated carbocycles. The van der Waals surface area contributed by atoms with Crippen LogP contribution in [0.1, 0.15) is 30.7 Å². The molecular formula is C15H19FN2. The third-order valence-electron chi connectivity index (χ3n) is 2.92. The molecule has 2 N–H and O–H groups in total. The van der Waals surface area contributed by atoms with Crippen LogP contribution in [0, 0.1) is 19.7 Å². The first-order valence-electron chi connectivity index (χ1n) is 6.11. The summed E-state index contributed by atoms with van der Waals surface area (Å²) in [6.07, 6.45) is 0.646. The van der Waals surface area contributed by atoms with Crippen LogP contribution < -0.4 is 5.73 Å². The van der Waals surface area contributed by atoms with Gasteiger partial charge in [0.1, 0.15) is 11.3 Å². The normalized spacial score (nSPS) is 12.1. The van der Waals surface area contributed by atoms with Gasteiger partial charge >= 0.3 is 0 Å². The molecule has 0 atom stereocenters. The van der Waals surface area contributed by atoms with Crippen molar-refractivity contribution in [3.63, 3.8) is 0 Å². The molecule has 0 bridgehead atoms.